The Bertz CT molecular complexity index is 20.4. The van der Waals surface area contributed by atoms with Gasteiger partial charge in [0.2, 0.25) is 0 Å². The second kappa shape index (κ2) is 2.59. The first kappa shape index (κ1) is 7.33. The molecule has 0 bridgehead atoms. The number of rotatable bonds is 0. The number of hydrogen-bond donors (Lipinski definition) is 0. The average Bonchev–Trinajstić information content (AvgIpc) is 0.722. The molecule has 0 aliphatic heterocycles. The normalized spacial score (nSPS) is 15.2. The zero-order valence-electron chi connectivity index (χ0n) is 1.89. The summed E-state index contributed by atoms with van der Waals surface area (Å²) in [7, 11) is 15.7. The summed E-state index contributed by atoms with van der Waals surface area (Å²) in [6.07, 6.45) is 0. The van der Waals surface area contributed by atoms with Crippen molar-refractivity contribution in [1.82, 2.24) is 0 Å². The van der Waals surface area contributed by atoms with Gasteiger partial charge in [-0.1, -0.05) is 0 Å². The fraction of sp³-hybridized carbons (Fsp3) is 0. The Morgan fingerprint density at radius 1 is 1.20 bits per heavy atom. The van der Waals surface area contributed by atoms with Crippen LogP contribution in [-0.4, -0.2) is 0 Å². The van der Waals surface area contributed by atoms with Gasteiger partial charge in [0.05, 0.1) is 0 Å². The van der Waals surface area contributed by atoms with E-state index in [0.29, 0.717) is 0 Å². The first-order valence-electron chi connectivity index (χ1n) is 0.571. The predicted molar refractivity (Wildman–Crippen MR) is 31.6 cm³/mol. The summed E-state index contributed by atoms with van der Waals surface area (Å²) in [6, 6.07) is 0. The van der Waals surface area contributed by atoms with Crippen LogP contribution in [0.15, 0.2) is 0 Å². The third kappa shape index (κ3) is 21.9. The monoisotopic (exact) mass is 359 g/mol. The molecule has 5 heavy (non-hydrogen) atoms. The summed E-state index contributed by atoms with van der Waals surface area (Å²) in [4.78, 5) is 0. The Balaban J connectivity index is 3.02. The first-order valence-corrected chi connectivity index (χ1v) is 15.1. The minimum absolute atomic E-state index is 1.85. The summed E-state index contributed by atoms with van der Waals surface area (Å²) in [5.41, 5.74) is 0. The number of hydrogen-bond acceptors (Lipinski definition) is 0. The fourth-order valence-electron chi connectivity index (χ4n) is 0. The van der Waals surface area contributed by atoms with Crippen LogP contribution in [0.1, 0.15) is 0 Å². The van der Waals surface area contributed by atoms with Crippen molar-refractivity contribution in [2.24, 2.45) is 0 Å². The molecule has 0 aromatic heterocycles. The molecule has 0 aliphatic carbocycles. The Labute approximate surface area is 55.4 Å². The topological polar surface area (TPSA) is 0 Å². The Morgan fingerprint density at radius 2 is 1.20 bits per heavy atom. The van der Waals surface area contributed by atoms with Crippen LogP contribution < -0.4 is 11.1 Å². The molecule has 0 aromatic carbocycles. The van der Waals surface area contributed by atoms with E-state index in [1.165, 1.54) is 0 Å². The molecule has 0 saturated heterocycles. The van der Waals surface area contributed by atoms with Gasteiger partial charge in [-0.05, 0) is 0 Å². The van der Waals surface area contributed by atoms with Crippen LogP contribution in [-0.2, 0) is 0 Å². The van der Waals surface area contributed by atoms with Crippen LogP contribution in [0.2, 0.25) is 0 Å². The quantitative estimate of drug-likeness (QED) is 0.532. The molecule has 0 rings (SSSR count). The van der Waals surface area contributed by atoms with Crippen LogP contribution in [0.3, 0.4) is 0 Å². The van der Waals surface area contributed by atoms with Gasteiger partial charge >= 0.3 is 56.4 Å². The molecular formula is Cl3I2-. The van der Waals surface area contributed by atoms with Gasteiger partial charge in [0, 0.05) is 0 Å². The Morgan fingerprint density at radius 3 is 1.20 bits per heavy atom. The molecule has 0 fully saturated rings. The van der Waals surface area contributed by atoms with Crippen molar-refractivity contribution in [2.45, 2.75) is 0 Å². The van der Waals surface area contributed by atoms with E-state index in [9.17, 15) is 0 Å². The summed E-state index contributed by atoms with van der Waals surface area (Å²) >= 11 is -0.700. The molecular weight excluding hydrogens is 360 g/mol. The third-order valence-corrected chi connectivity index (χ3v) is 0. The van der Waals surface area contributed by atoms with Crippen LogP contribution >= 0.6 is 45.3 Å². The van der Waals surface area contributed by atoms with E-state index in [1.807, 2.05) is 18.6 Å². The molecule has 0 saturated carbocycles. The molecule has 0 spiro atoms. The molecule has 0 aliphatic rings. The summed E-state index contributed by atoms with van der Waals surface area (Å²) in [5.74, 6) is 0. The summed E-state index contributed by atoms with van der Waals surface area (Å²) < 4.78 is 0. The van der Waals surface area contributed by atoms with Crippen molar-refractivity contribution in [2.75, 3.05) is 0 Å². The first-order chi connectivity index (χ1) is 2.00. The SMILES string of the molecule is Cl[I-](Cl)(Cl)I. The molecule has 0 N–H and O–H groups in total. The van der Waals surface area contributed by atoms with Crippen LogP contribution in [0.5, 0.6) is 0 Å². The van der Waals surface area contributed by atoms with Crippen molar-refractivity contribution in [3.8, 4) is 0 Å². The maximum atomic E-state index is 5.23. The van der Waals surface area contributed by atoms with Gasteiger partial charge in [0.1, 0.15) is 0 Å². The standard InChI is InChI=1S/Cl3I2/c1-5(2,3)4/q-1. The van der Waals surface area contributed by atoms with Crippen molar-refractivity contribution in [3.63, 3.8) is 0 Å². The van der Waals surface area contributed by atoms with Gasteiger partial charge in [-0.3, -0.25) is 0 Å². The molecule has 0 heterocycles. The second-order valence-corrected chi connectivity index (χ2v) is 31.6. The van der Waals surface area contributed by atoms with E-state index in [2.05, 4.69) is 0 Å². The fourth-order valence-corrected chi connectivity index (χ4v) is 0. The van der Waals surface area contributed by atoms with Crippen LogP contribution in [0, 0.1) is 0 Å². The van der Waals surface area contributed by atoms with Crippen LogP contribution in [0.4, 0.5) is 0 Å². The van der Waals surface area contributed by atoms with Gasteiger partial charge < -0.3 is 0 Å². The molecule has 0 unspecified atom stereocenters. The molecule has 0 radical (unpaired) electrons. The van der Waals surface area contributed by atoms with Crippen molar-refractivity contribution in [1.29, 1.82) is 0 Å². The van der Waals surface area contributed by atoms with E-state index in [0.717, 1.165) is 0 Å². The third-order valence-electron chi connectivity index (χ3n) is 0. The van der Waals surface area contributed by atoms with E-state index in [-0.39, 0.29) is 0 Å². The Kier molecular flexibility index (Phi) is 3.80. The zero-order chi connectivity index (χ0) is 4.50. The van der Waals surface area contributed by atoms with E-state index < -0.39 is 11.1 Å². The molecule has 0 nitrogen and oxygen atoms in total. The average molecular weight is 360 g/mol. The van der Waals surface area contributed by atoms with Crippen molar-refractivity contribution in [3.05, 3.63) is 0 Å². The van der Waals surface area contributed by atoms with E-state index >= 15 is 0 Å². The van der Waals surface area contributed by atoms with Gasteiger partial charge in [0.25, 0.3) is 0 Å². The number of halogens is 5. The predicted octanol–water partition coefficient (Wildman–Crippen LogP) is -0.0418. The molecule has 36 valence electrons. The van der Waals surface area contributed by atoms with E-state index in [4.69, 9.17) is 26.7 Å². The maximum absolute atomic E-state index is 5.23. The van der Waals surface area contributed by atoms with Crippen molar-refractivity contribution < 1.29 is 11.1 Å². The zero-order valence-corrected chi connectivity index (χ0v) is 8.47. The van der Waals surface area contributed by atoms with Gasteiger partial charge in [-0.25, -0.2) is 0 Å². The van der Waals surface area contributed by atoms with Gasteiger partial charge in [0.15, 0.2) is 0 Å². The molecule has 0 amide bonds. The molecule has 0 atom stereocenters. The minimum atomic E-state index is -2.55. The summed E-state index contributed by atoms with van der Waals surface area (Å²) in [5, 5.41) is 0. The van der Waals surface area contributed by atoms with Gasteiger partial charge in [-0.15, -0.1) is 0 Å². The Hall–Kier alpha value is 2.33. The van der Waals surface area contributed by atoms with Crippen LogP contribution in [0.25, 0.3) is 0 Å². The summed E-state index contributed by atoms with van der Waals surface area (Å²) in [6.45, 7) is 0. The van der Waals surface area contributed by atoms with E-state index in [1.54, 1.807) is 0 Å². The van der Waals surface area contributed by atoms with Crippen molar-refractivity contribution >= 4 is 45.3 Å². The van der Waals surface area contributed by atoms with Gasteiger partial charge in [-0.2, -0.15) is 0 Å². The second-order valence-electron chi connectivity index (χ2n) is 0.324. The molecule has 5 heteroatoms. The molecule has 0 aromatic rings.